The lowest BCUT2D eigenvalue weighted by Crippen LogP contribution is -2.19. The summed E-state index contributed by atoms with van der Waals surface area (Å²) in [5.41, 5.74) is 16.5. The van der Waals surface area contributed by atoms with Crippen molar-refractivity contribution in [2.75, 3.05) is 11.5 Å². The van der Waals surface area contributed by atoms with Crippen LogP contribution < -0.4 is 16.9 Å². The molecule has 1 heterocycles. The summed E-state index contributed by atoms with van der Waals surface area (Å²) in [4.78, 5) is 12.8. The zero-order valence-corrected chi connectivity index (χ0v) is 17.0. The minimum absolute atomic E-state index is 0.0515. The highest BCUT2D eigenvalue weighted by Gasteiger charge is 2.16. The van der Waals surface area contributed by atoms with E-state index in [0.717, 1.165) is 5.56 Å². The molecule has 28 heavy (non-hydrogen) atoms. The number of nitrogens with two attached hydrogens (primary N) is 2. The van der Waals surface area contributed by atoms with Gasteiger partial charge in [0.15, 0.2) is 0 Å². The summed E-state index contributed by atoms with van der Waals surface area (Å²) in [7, 11) is 0. The van der Waals surface area contributed by atoms with E-state index >= 15 is 0 Å². The minimum atomic E-state index is -0.439. The van der Waals surface area contributed by atoms with Crippen LogP contribution in [0.25, 0.3) is 10.4 Å². The Morgan fingerprint density at radius 1 is 1.11 bits per heavy atom. The average Bonchev–Trinajstić information content (AvgIpc) is 3.05. The molecule has 0 atom stereocenters. The standard InChI is InChI=1S/C19H16Cl2N4O2S/c1-9(24-25-19(27)11-3-5-15(22)16(23)7-11)12-8-28-18(17(12)26)10-2-4-13(20)14(21)6-10/h2-8,26H,22-23H2,1H3,(H,25,27)/b24-9+. The topological polar surface area (TPSA) is 114 Å². The molecule has 2 aromatic carbocycles. The highest BCUT2D eigenvalue weighted by Crippen LogP contribution is 2.40. The SMILES string of the molecule is C/C(=N\NC(=O)c1ccc(N)c(N)c1)c1csc(-c2ccc(Cl)c(Cl)c2)c1O. The van der Waals surface area contributed by atoms with Gasteiger partial charge in [0.1, 0.15) is 5.75 Å². The first-order valence-electron chi connectivity index (χ1n) is 8.03. The molecule has 144 valence electrons. The Hall–Kier alpha value is -2.74. The van der Waals surface area contributed by atoms with E-state index in [2.05, 4.69) is 10.5 Å². The van der Waals surface area contributed by atoms with Gasteiger partial charge in [-0.25, -0.2) is 5.43 Å². The van der Waals surface area contributed by atoms with E-state index in [1.807, 2.05) is 0 Å². The van der Waals surface area contributed by atoms with Crippen LogP contribution in [0.4, 0.5) is 11.4 Å². The fourth-order valence-electron chi connectivity index (χ4n) is 2.43. The van der Waals surface area contributed by atoms with Crippen molar-refractivity contribution in [3.8, 4) is 16.2 Å². The fraction of sp³-hybridized carbons (Fsp3) is 0.0526. The summed E-state index contributed by atoms with van der Waals surface area (Å²) in [6, 6.07) is 9.69. The number of nitrogens with zero attached hydrogens (tertiary/aromatic N) is 1. The molecule has 0 aliphatic carbocycles. The first-order valence-corrected chi connectivity index (χ1v) is 9.67. The highest BCUT2D eigenvalue weighted by molar-refractivity contribution is 7.14. The normalized spacial score (nSPS) is 11.5. The summed E-state index contributed by atoms with van der Waals surface area (Å²) in [6.45, 7) is 1.68. The van der Waals surface area contributed by atoms with Gasteiger partial charge in [-0.3, -0.25) is 4.79 Å². The number of rotatable bonds is 4. The van der Waals surface area contributed by atoms with E-state index < -0.39 is 5.91 Å². The molecule has 0 fully saturated rings. The predicted octanol–water partition coefficient (Wildman–Crippen LogP) is 4.75. The first-order chi connectivity index (χ1) is 13.3. The Labute approximate surface area is 175 Å². The average molecular weight is 435 g/mol. The second-order valence-corrected chi connectivity index (χ2v) is 7.63. The molecule has 0 spiro atoms. The number of benzene rings is 2. The van der Waals surface area contributed by atoms with Crippen LogP contribution in [0.3, 0.4) is 0 Å². The molecule has 6 N–H and O–H groups in total. The molecule has 0 unspecified atom stereocenters. The quantitative estimate of drug-likeness (QED) is 0.269. The fourth-order valence-corrected chi connectivity index (χ4v) is 3.73. The lowest BCUT2D eigenvalue weighted by atomic mass is 10.1. The smallest absolute Gasteiger partial charge is 0.271 e. The van der Waals surface area contributed by atoms with Crippen molar-refractivity contribution in [3.63, 3.8) is 0 Å². The van der Waals surface area contributed by atoms with Gasteiger partial charge in [0.05, 0.1) is 37.6 Å². The van der Waals surface area contributed by atoms with Gasteiger partial charge in [-0.1, -0.05) is 29.3 Å². The molecule has 0 saturated carbocycles. The van der Waals surface area contributed by atoms with Gasteiger partial charge in [0.2, 0.25) is 0 Å². The van der Waals surface area contributed by atoms with E-state index in [-0.39, 0.29) is 5.75 Å². The van der Waals surface area contributed by atoms with E-state index in [1.165, 1.54) is 17.4 Å². The lowest BCUT2D eigenvalue weighted by Gasteiger charge is -2.05. The number of halogens is 2. The number of hydrogen-bond acceptors (Lipinski definition) is 6. The second-order valence-electron chi connectivity index (χ2n) is 5.94. The first kappa shape index (κ1) is 20.0. The van der Waals surface area contributed by atoms with Gasteiger partial charge in [-0.2, -0.15) is 5.10 Å². The third kappa shape index (κ3) is 4.06. The number of anilines is 2. The molecular weight excluding hydrogens is 419 g/mol. The molecule has 0 aliphatic heterocycles. The Morgan fingerprint density at radius 2 is 1.86 bits per heavy atom. The number of hydrogen-bond donors (Lipinski definition) is 4. The molecule has 3 aromatic rings. The number of carbonyl (C=O) groups excluding carboxylic acids is 1. The third-order valence-corrected chi connectivity index (χ3v) is 5.77. The Bertz CT molecular complexity index is 1100. The van der Waals surface area contributed by atoms with Crippen LogP contribution in [0, 0.1) is 0 Å². The van der Waals surface area contributed by atoms with Gasteiger partial charge >= 0.3 is 0 Å². The predicted molar refractivity (Wildman–Crippen MR) is 116 cm³/mol. The van der Waals surface area contributed by atoms with Crippen LogP contribution in [0.2, 0.25) is 10.0 Å². The molecule has 1 aromatic heterocycles. The van der Waals surface area contributed by atoms with Gasteiger partial charge in [-0.15, -0.1) is 11.3 Å². The van der Waals surface area contributed by atoms with Crippen molar-refractivity contribution < 1.29 is 9.90 Å². The zero-order chi connectivity index (χ0) is 20.4. The summed E-state index contributed by atoms with van der Waals surface area (Å²) in [5, 5.41) is 17.2. The van der Waals surface area contributed by atoms with Crippen molar-refractivity contribution in [2.24, 2.45) is 5.10 Å². The molecule has 6 nitrogen and oxygen atoms in total. The number of nitrogen functional groups attached to an aromatic ring is 2. The number of amides is 1. The second kappa shape index (κ2) is 8.10. The van der Waals surface area contributed by atoms with Crippen molar-refractivity contribution in [3.05, 3.63) is 63.0 Å². The van der Waals surface area contributed by atoms with Crippen LogP contribution in [0.1, 0.15) is 22.8 Å². The zero-order valence-electron chi connectivity index (χ0n) is 14.7. The van der Waals surface area contributed by atoms with Gasteiger partial charge < -0.3 is 16.6 Å². The summed E-state index contributed by atoms with van der Waals surface area (Å²) < 4.78 is 0. The van der Waals surface area contributed by atoms with Crippen molar-refractivity contribution >= 4 is 57.5 Å². The summed E-state index contributed by atoms with van der Waals surface area (Å²) in [5.74, 6) is -0.388. The summed E-state index contributed by atoms with van der Waals surface area (Å²) in [6.07, 6.45) is 0. The number of carbonyl (C=O) groups is 1. The molecule has 0 bridgehead atoms. The molecule has 1 amide bonds. The van der Waals surface area contributed by atoms with Crippen LogP contribution in [-0.2, 0) is 0 Å². The largest absolute Gasteiger partial charge is 0.506 e. The van der Waals surface area contributed by atoms with Crippen LogP contribution in [-0.4, -0.2) is 16.7 Å². The Morgan fingerprint density at radius 3 is 2.54 bits per heavy atom. The molecule has 0 radical (unpaired) electrons. The minimum Gasteiger partial charge on any atom is -0.506 e. The van der Waals surface area contributed by atoms with E-state index in [9.17, 15) is 9.90 Å². The molecule has 9 heteroatoms. The number of nitrogens with one attached hydrogen (secondary N) is 1. The van der Waals surface area contributed by atoms with Gasteiger partial charge in [0.25, 0.3) is 5.91 Å². The van der Waals surface area contributed by atoms with Gasteiger partial charge in [-0.05, 0) is 42.8 Å². The lowest BCUT2D eigenvalue weighted by molar-refractivity contribution is 0.0955. The van der Waals surface area contributed by atoms with E-state index in [0.29, 0.717) is 43.1 Å². The summed E-state index contributed by atoms with van der Waals surface area (Å²) >= 11 is 13.3. The van der Waals surface area contributed by atoms with Crippen LogP contribution in [0.15, 0.2) is 46.9 Å². The molecule has 0 aliphatic rings. The number of aromatic hydroxyl groups is 1. The van der Waals surface area contributed by atoms with E-state index in [4.69, 9.17) is 34.7 Å². The highest BCUT2D eigenvalue weighted by atomic mass is 35.5. The van der Waals surface area contributed by atoms with Crippen molar-refractivity contribution in [1.82, 2.24) is 5.43 Å². The number of hydrazone groups is 1. The third-order valence-electron chi connectivity index (χ3n) is 4.01. The maximum atomic E-state index is 12.2. The Balaban J connectivity index is 1.81. The van der Waals surface area contributed by atoms with E-state index in [1.54, 1.807) is 42.6 Å². The number of thiophene rings is 1. The van der Waals surface area contributed by atoms with Crippen LogP contribution in [0.5, 0.6) is 5.75 Å². The van der Waals surface area contributed by atoms with Crippen LogP contribution >= 0.6 is 34.5 Å². The Kier molecular flexibility index (Phi) is 5.79. The van der Waals surface area contributed by atoms with Gasteiger partial charge in [0, 0.05) is 10.9 Å². The van der Waals surface area contributed by atoms with Crippen molar-refractivity contribution in [1.29, 1.82) is 0 Å². The molecule has 3 rings (SSSR count). The molecule has 0 saturated heterocycles. The van der Waals surface area contributed by atoms with Crippen molar-refractivity contribution in [2.45, 2.75) is 6.92 Å². The maximum Gasteiger partial charge on any atom is 0.271 e. The monoisotopic (exact) mass is 434 g/mol. The maximum absolute atomic E-state index is 12.2. The molecular formula is C19H16Cl2N4O2S.